The lowest BCUT2D eigenvalue weighted by atomic mass is 10.0. The number of hydrogen-bond acceptors (Lipinski definition) is 11. The summed E-state index contributed by atoms with van der Waals surface area (Å²) in [5.41, 5.74) is 8.42. The van der Waals surface area contributed by atoms with Crippen LogP contribution in [0.3, 0.4) is 0 Å². The summed E-state index contributed by atoms with van der Waals surface area (Å²) in [6.07, 6.45) is 7.40. The molecule has 3 aromatic carbocycles. The van der Waals surface area contributed by atoms with Crippen molar-refractivity contribution < 1.29 is 9.59 Å². The lowest BCUT2D eigenvalue weighted by molar-refractivity contribution is -0.137. The molecule has 0 bridgehead atoms. The number of imide groups is 1. The van der Waals surface area contributed by atoms with Crippen molar-refractivity contribution in [1.82, 2.24) is 34.6 Å². The Hall–Kier alpha value is -4.98. The third kappa shape index (κ3) is 6.96. The molecule has 2 aromatic heterocycles. The van der Waals surface area contributed by atoms with Crippen molar-refractivity contribution in [3.63, 3.8) is 0 Å². The van der Waals surface area contributed by atoms with Gasteiger partial charge in [-0.3, -0.25) is 29.3 Å². The molecule has 13 heteroatoms. The number of thiol groups is 1. The molecule has 2 saturated heterocycles. The maximum Gasteiger partial charge on any atom is 0.243 e. The lowest BCUT2D eigenvalue weighted by Gasteiger charge is -2.36. The number of rotatable bonds is 9. The largest absolute Gasteiger partial charge is 0.369 e. The Bertz CT molecular complexity index is 2130. The monoisotopic (exact) mass is 728 g/mol. The highest BCUT2D eigenvalue weighted by Gasteiger charge is 2.39. The quantitative estimate of drug-likeness (QED) is 0.102. The maximum absolute atomic E-state index is 12.5. The van der Waals surface area contributed by atoms with Crippen LogP contribution in [0.1, 0.15) is 66.6 Å². The van der Waals surface area contributed by atoms with Gasteiger partial charge in [-0.25, -0.2) is 9.97 Å². The molecule has 5 aromatic rings. The predicted octanol–water partition coefficient (Wildman–Crippen LogP) is 6.30. The minimum absolute atomic E-state index is 0.147. The summed E-state index contributed by atoms with van der Waals surface area (Å²) in [7, 11) is 0. The summed E-state index contributed by atoms with van der Waals surface area (Å²) in [6, 6.07) is 25.4. The summed E-state index contributed by atoms with van der Waals surface area (Å²) in [5, 5.41) is 9.29. The highest BCUT2D eigenvalue weighted by molar-refractivity contribution is 7.80. The Morgan fingerprint density at radius 3 is 2.40 bits per heavy atom. The Morgan fingerprint density at radius 2 is 1.62 bits per heavy atom. The number of piperazine rings is 1. The van der Waals surface area contributed by atoms with E-state index in [-0.39, 0.29) is 23.2 Å². The Labute approximate surface area is 314 Å². The van der Waals surface area contributed by atoms with Crippen molar-refractivity contribution in [3.05, 3.63) is 95.7 Å². The van der Waals surface area contributed by atoms with Gasteiger partial charge in [0.2, 0.25) is 23.7 Å². The Balaban J connectivity index is 0.816. The van der Waals surface area contributed by atoms with Crippen molar-refractivity contribution in [2.45, 2.75) is 69.1 Å². The summed E-state index contributed by atoms with van der Waals surface area (Å²) in [6.45, 7) is 5.39. The van der Waals surface area contributed by atoms with Gasteiger partial charge in [0.15, 0.2) is 5.65 Å². The normalized spacial score (nSPS) is 21.3. The van der Waals surface area contributed by atoms with E-state index in [2.05, 4.69) is 94.8 Å². The molecule has 1 saturated carbocycles. The first-order chi connectivity index (χ1) is 25.9. The van der Waals surface area contributed by atoms with Crippen LogP contribution in [0.15, 0.2) is 79.0 Å². The van der Waals surface area contributed by atoms with Crippen LogP contribution in [0.25, 0.3) is 11.2 Å². The number of carbonyl (C=O) groups is 2. The molecule has 9 rings (SSSR count). The molecule has 2 amide bonds. The van der Waals surface area contributed by atoms with E-state index in [1.807, 2.05) is 24.4 Å². The second-order valence-electron chi connectivity index (χ2n) is 14.6. The summed E-state index contributed by atoms with van der Waals surface area (Å²) in [4.78, 5) is 45.8. The van der Waals surface area contributed by atoms with Crippen LogP contribution in [0.2, 0.25) is 0 Å². The van der Waals surface area contributed by atoms with Gasteiger partial charge >= 0.3 is 0 Å². The zero-order valence-electron chi connectivity index (χ0n) is 29.6. The number of nitrogens with zero attached hydrogens (tertiary/aromatic N) is 7. The third-order valence-corrected chi connectivity index (χ3v) is 11.8. The van der Waals surface area contributed by atoms with Gasteiger partial charge in [0.25, 0.3) is 0 Å². The van der Waals surface area contributed by atoms with Gasteiger partial charge in [-0.15, -0.1) is 0 Å². The fourth-order valence-electron chi connectivity index (χ4n) is 8.39. The number of piperidine rings is 1. The van der Waals surface area contributed by atoms with E-state index in [1.165, 1.54) is 29.7 Å². The number of carbonyl (C=O) groups excluding carboxylic acids is 2. The van der Waals surface area contributed by atoms with Crippen LogP contribution in [-0.2, 0) is 22.7 Å². The van der Waals surface area contributed by atoms with Gasteiger partial charge < -0.3 is 15.5 Å². The van der Waals surface area contributed by atoms with Crippen LogP contribution >= 0.6 is 12.6 Å². The van der Waals surface area contributed by atoms with E-state index in [1.54, 1.807) is 0 Å². The maximum atomic E-state index is 12.5. The van der Waals surface area contributed by atoms with Crippen molar-refractivity contribution >= 4 is 64.6 Å². The molecule has 272 valence electrons. The van der Waals surface area contributed by atoms with E-state index in [0.29, 0.717) is 31.4 Å². The number of benzene rings is 3. The topological polar surface area (TPSA) is 124 Å². The number of anilines is 5. The molecular weight excluding hydrogens is 685 g/mol. The van der Waals surface area contributed by atoms with Crippen molar-refractivity contribution in [2.24, 2.45) is 0 Å². The Kier molecular flexibility index (Phi) is 9.22. The average molecular weight is 729 g/mol. The average Bonchev–Trinajstić information content (AvgIpc) is 3.90. The van der Waals surface area contributed by atoms with Gasteiger partial charge in [-0.05, 0) is 72.4 Å². The van der Waals surface area contributed by atoms with Crippen molar-refractivity contribution in [1.29, 1.82) is 0 Å². The second-order valence-corrected chi connectivity index (χ2v) is 15.1. The molecule has 0 radical (unpaired) electrons. The van der Waals surface area contributed by atoms with Crippen LogP contribution in [0.5, 0.6) is 0 Å². The summed E-state index contributed by atoms with van der Waals surface area (Å²) in [5.74, 6) is 0.970. The van der Waals surface area contributed by atoms with E-state index < -0.39 is 0 Å². The first-order valence-corrected chi connectivity index (χ1v) is 19.3. The molecule has 2 atom stereocenters. The number of hydrogen-bond donors (Lipinski definition) is 4. The van der Waals surface area contributed by atoms with Crippen molar-refractivity contribution in [2.75, 3.05) is 41.7 Å². The van der Waals surface area contributed by atoms with E-state index in [0.717, 1.165) is 79.6 Å². The fraction of sp³-hybridized carbons (Fsp3) is 0.375. The number of nitrogens with one attached hydrogen (secondary N) is 3. The number of aromatic nitrogens is 4. The lowest BCUT2D eigenvalue weighted by Crippen LogP contribution is -2.51. The molecule has 1 aliphatic carbocycles. The molecule has 3 fully saturated rings. The van der Waals surface area contributed by atoms with E-state index in [4.69, 9.17) is 22.6 Å². The highest BCUT2D eigenvalue weighted by atomic mass is 32.1. The third-order valence-electron chi connectivity index (χ3n) is 11.2. The van der Waals surface area contributed by atoms with E-state index >= 15 is 0 Å². The van der Waals surface area contributed by atoms with Gasteiger partial charge in [-0.2, -0.15) is 17.6 Å². The molecule has 53 heavy (non-hydrogen) atoms. The van der Waals surface area contributed by atoms with E-state index in [9.17, 15) is 9.59 Å². The SMILES string of the molecule is O=C1CCC(N2Cc3cc(CN4CCN(c5ccc(Nc6ncc7nc(Nc8ccccc8)n(C8CCCC8)c7n6)cc5)CC4)ccc3C2S)C(=O)N1. The first kappa shape index (κ1) is 33.8. The van der Waals surface area contributed by atoms with Crippen molar-refractivity contribution in [3.8, 4) is 0 Å². The predicted molar refractivity (Wildman–Crippen MR) is 210 cm³/mol. The minimum atomic E-state index is -0.324. The van der Waals surface area contributed by atoms with Gasteiger partial charge in [0, 0.05) is 68.8 Å². The molecular formula is C40H44N10O2S. The number of imidazole rings is 1. The number of fused-ring (bicyclic) bond motifs is 2. The summed E-state index contributed by atoms with van der Waals surface area (Å²) >= 11 is 4.86. The zero-order chi connectivity index (χ0) is 35.9. The fourth-order valence-corrected chi connectivity index (χ4v) is 8.89. The highest BCUT2D eigenvalue weighted by Crippen LogP contribution is 2.40. The molecule has 3 N–H and O–H groups in total. The number of para-hydroxylation sites is 1. The standard InChI is InChI=1S/C40H44N10O2S/c51-35-17-16-34(37(52)45-35)49-25-27-22-26(10-15-32(27)38(49)53)24-47-18-20-48(21-19-47)30-13-11-29(12-14-30)42-39-41-23-33-36(46-39)50(31-8-4-5-9-31)40(44-33)43-28-6-2-1-3-7-28/h1-3,6-7,10-15,22-23,31,34,38,53H,4-5,8-9,16-21,24-25H2,(H,43,44)(H,41,42,46)(H,45,51,52). The minimum Gasteiger partial charge on any atom is -0.369 e. The summed E-state index contributed by atoms with van der Waals surface area (Å²) < 4.78 is 2.27. The van der Waals surface area contributed by atoms with Crippen LogP contribution < -0.4 is 20.9 Å². The smallest absolute Gasteiger partial charge is 0.243 e. The van der Waals surface area contributed by atoms with Gasteiger partial charge in [0.1, 0.15) is 5.52 Å². The van der Waals surface area contributed by atoms with Gasteiger partial charge in [-0.1, -0.05) is 49.2 Å². The zero-order valence-corrected chi connectivity index (χ0v) is 30.5. The Morgan fingerprint density at radius 1 is 0.849 bits per heavy atom. The van der Waals surface area contributed by atoms with Gasteiger partial charge in [0.05, 0.1) is 17.6 Å². The van der Waals surface area contributed by atoms with Crippen LogP contribution in [-0.4, -0.2) is 73.4 Å². The molecule has 12 nitrogen and oxygen atoms in total. The molecule has 3 aliphatic heterocycles. The molecule has 5 heterocycles. The molecule has 2 unspecified atom stereocenters. The molecule has 0 spiro atoms. The second kappa shape index (κ2) is 14.4. The van der Waals surface area contributed by atoms with Crippen LogP contribution in [0, 0.1) is 0 Å². The van der Waals surface area contributed by atoms with Crippen LogP contribution in [0.4, 0.5) is 29.0 Å². The molecule has 4 aliphatic rings. The first-order valence-electron chi connectivity index (χ1n) is 18.8. The number of amides is 2.